The fourth-order valence-corrected chi connectivity index (χ4v) is 3.56. The van der Waals surface area contributed by atoms with Crippen LogP contribution in [-0.4, -0.2) is 47.5 Å². The molecule has 0 bridgehead atoms. The van der Waals surface area contributed by atoms with E-state index in [9.17, 15) is 18.0 Å². The molecule has 1 heterocycles. The van der Waals surface area contributed by atoms with Crippen molar-refractivity contribution in [2.24, 2.45) is 0 Å². The molecule has 0 aliphatic heterocycles. The van der Waals surface area contributed by atoms with Gasteiger partial charge in [0.05, 0.1) is 6.20 Å². The van der Waals surface area contributed by atoms with Gasteiger partial charge in [-0.3, -0.25) is 4.79 Å². The monoisotopic (exact) mass is 464 g/mol. The zero-order chi connectivity index (χ0) is 24.2. The van der Waals surface area contributed by atoms with Crippen molar-refractivity contribution in [3.8, 4) is 11.6 Å². The predicted octanol–water partition coefficient (Wildman–Crippen LogP) is 4.14. The maximum atomic E-state index is 13.2. The highest BCUT2D eigenvalue weighted by molar-refractivity contribution is 7.89. The van der Waals surface area contributed by atoms with E-state index in [0.29, 0.717) is 10.1 Å². The minimum absolute atomic E-state index is 0.158. The number of benzene rings is 1. The summed E-state index contributed by atoms with van der Waals surface area (Å²) in [7, 11) is -4.47. The van der Waals surface area contributed by atoms with Gasteiger partial charge in [-0.2, -0.15) is 4.31 Å². The standard InChI is InChI=1S/C22H28N2O7S/c1-21(2,3)30-19(25)15-24(20(26)31-22(4,5)6)32(27,28)17-12-13-18(23-14-17)29-16-10-8-7-9-11-16/h7-14H,15H2,1-6H3. The van der Waals surface area contributed by atoms with Crippen LogP contribution in [-0.2, 0) is 24.3 Å². The SMILES string of the molecule is CC(C)(C)OC(=O)CN(C(=O)OC(C)(C)C)S(=O)(=O)c1ccc(Oc2ccccc2)nc1. The van der Waals surface area contributed by atoms with Crippen molar-refractivity contribution >= 4 is 22.1 Å². The van der Waals surface area contributed by atoms with Crippen molar-refractivity contribution in [2.75, 3.05) is 6.54 Å². The summed E-state index contributed by atoms with van der Waals surface area (Å²) in [6, 6.07) is 11.4. The number of sulfonamides is 1. The van der Waals surface area contributed by atoms with E-state index >= 15 is 0 Å². The van der Waals surface area contributed by atoms with Gasteiger partial charge < -0.3 is 14.2 Å². The number of carbonyl (C=O) groups excluding carboxylic acids is 2. The lowest BCUT2D eigenvalue weighted by Crippen LogP contribution is -2.45. The number of rotatable bonds is 6. The highest BCUT2D eigenvalue weighted by Crippen LogP contribution is 2.23. The summed E-state index contributed by atoms with van der Waals surface area (Å²) in [4.78, 5) is 28.6. The molecular formula is C22H28N2O7S. The Bertz CT molecular complexity index is 1040. The minimum Gasteiger partial charge on any atom is -0.459 e. The van der Waals surface area contributed by atoms with Crippen molar-refractivity contribution in [3.63, 3.8) is 0 Å². The van der Waals surface area contributed by atoms with E-state index in [1.165, 1.54) is 12.1 Å². The molecule has 0 saturated carbocycles. The molecule has 0 aliphatic carbocycles. The van der Waals surface area contributed by atoms with Gasteiger partial charge in [0.1, 0.15) is 28.4 Å². The number of esters is 1. The lowest BCUT2D eigenvalue weighted by molar-refractivity contribution is -0.154. The van der Waals surface area contributed by atoms with E-state index in [1.54, 1.807) is 65.8 Å². The molecule has 2 aromatic rings. The van der Waals surface area contributed by atoms with Gasteiger partial charge in [-0.05, 0) is 59.7 Å². The Balaban J connectivity index is 2.31. The van der Waals surface area contributed by atoms with Crippen LogP contribution in [0.15, 0.2) is 53.6 Å². The van der Waals surface area contributed by atoms with Crippen LogP contribution in [0, 0.1) is 0 Å². The fourth-order valence-electron chi connectivity index (χ4n) is 2.37. The molecule has 0 fully saturated rings. The summed E-state index contributed by atoms with van der Waals surface area (Å²) in [5.41, 5.74) is -1.84. The lowest BCUT2D eigenvalue weighted by atomic mass is 10.2. The first-order valence-corrected chi connectivity index (χ1v) is 11.3. The van der Waals surface area contributed by atoms with Crippen LogP contribution in [0.1, 0.15) is 41.5 Å². The van der Waals surface area contributed by atoms with Crippen molar-refractivity contribution in [2.45, 2.75) is 57.6 Å². The van der Waals surface area contributed by atoms with Crippen molar-refractivity contribution in [1.29, 1.82) is 0 Å². The number of nitrogens with zero attached hydrogens (tertiary/aromatic N) is 2. The van der Waals surface area contributed by atoms with Crippen molar-refractivity contribution in [1.82, 2.24) is 9.29 Å². The van der Waals surface area contributed by atoms with Gasteiger partial charge in [0, 0.05) is 6.07 Å². The molecule has 1 aromatic carbocycles. The van der Waals surface area contributed by atoms with Gasteiger partial charge in [-0.25, -0.2) is 18.2 Å². The van der Waals surface area contributed by atoms with Gasteiger partial charge in [-0.15, -0.1) is 0 Å². The summed E-state index contributed by atoms with van der Waals surface area (Å²) in [6.45, 7) is 8.80. The molecule has 1 amide bonds. The largest absolute Gasteiger partial charge is 0.459 e. The summed E-state index contributed by atoms with van der Waals surface area (Å²) in [5, 5.41) is 0. The molecule has 0 aliphatic rings. The van der Waals surface area contributed by atoms with Gasteiger partial charge in [0.25, 0.3) is 10.0 Å². The van der Waals surface area contributed by atoms with Crippen molar-refractivity contribution < 1.29 is 32.2 Å². The second kappa shape index (κ2) is 9.56. The third-order valence-electron chi connectivity index (χ3n) is 3.55. The maximum Gasteiger partial charge on any atom is 0.424 e. The van der Waals surface area contributed by atoms with Crippen LogP contribution < -0.4 is 4.74 Å². The number of carbonyl (C=O) groups is 2. The maximum absolute atomic E-state index is 13.2. The van der Waals surface area contributed by atoms with Crippen LogP contribution in [0.5, 0.6) is 11.6 Å². The average Bonchev–Trinajstić information content (AvgIpc) is 2.64. The normalized spacial score (nSPS) is 12.1. The molecule has 174 valence electrons. The lowest BCUT2D eigenvalue weighted by Gasteiger charge is -2.27. The third-order valence-corrected chi connectivity index (χ3v) is 5.25. The summed E-state index contributed by atoms with van der Waals surface area (Å²) < 4.78 is 42.6. The molecule has 0 atom stereocenters. The Kier molecular flexibility index (Phi) is 7.50. The highest BCUT2D eigenvalue weighted by Gasteiger charge is 2.36. The Hall–Kier alpha value is -3.14. The summed E-state index contributed by atoms with van der Waals surface area (Å²) >= 11 is 0. The number of ether oxygens (including phenoxy) is 3. The molecule has 0 unspecified atom stereocenters. The minimum atomic E-state index is -4.47. The molecule has 32 heavy (non-hydrogen) atoms. The van der Waals surface area contributed by atoms with Gasteiger partial charge in [-0.1, -0.05) is 18.2 Å². The van der Waals surface area contributed by atoms with E-state index in [-0.39, 0.29) is 10.8 Å². The van der Waals surface area contributed by atoms with E-state index in [2.05, 4.69) is 4.98 Å². The zero-order valence-electron chi connectivity index (χ0n) is 19.0. The Labute approximate surface area is 188 Å². The Morgan fingerprint density at radius 1 is 0.906 bits per heavy atom. The van der Waals surface area contributed by atoms with Gasteiger partial charge in [0.2, 0.25) is 5.88 Å². The van der Waals surface area contributed by atoms with Crippen molar-refractivity contribution in [3.05, 3.63) is 48.7 Å². The Morgan fingerprint density at radius 2 is 1.50 bits per heavy atom. The predicted molar refractivity (Wildman–Crippen MR) is 117 cm³/mol. The number of amides is 1. The number of para-hydroxylation sites is 1. The van der Waals surface area contributed by atoms with E-state index < -0.39 is 39.8 Å². The smallest absolute Gasteiger partial charge is 0.424 e. The number of aromatic nitrogens is 1. The van der Waals surface area contributed by atoms with Crippen LogP contribution in [0.4, 0.5) is 4.79 Å². The first kappa shape index (κ1) is 25.1. The topological polar surface area (TPSA) is 112 Å². The second-order valence-electron chi connectivity index (χ2n) is 8.83. The van der Waals surface area contributed by atoms with E-state index in [0.717, 1.165) is 6.20 Å². The molecule has 10 heteroatoms. The van der Waals surface area contributed by atoms with Gasteiger partial charge >= 0.3 is 12.1 Å². The zero-order valence-corrected chi connectivity index (χ0v) is 19.8. The number of pyridine rings is 1. The van der Waals surface area contributed by atoms with E-state index in [1.807, 2.05) is 6.07 Å². The first-order chi connectivity index (χ1) is 14.7. The molecule has 0 N–H and O–H groups in total. The summed E-state index contributed by atoms with van der Waals surface area (Å²) in [5.74, 6) is -0.217. The van der Waals surface area contributed by atoms with Gasteiger partial charge in [0.15, 0.2) is 0 Å². The number of hydrogen-bond acceptors (Lipinski definition) is 8. The van der Waals surface area contributed by atoms with Crippen LogP contribution in [0.2, 0.25) is 0 Å². The van der Waals surface area contributed by atoms with Crippen LogP contribution >= 0.6 is 0 Å². The molecule has 0 spiro atoms. The third kappa shape index (κ3) is 7.52. The molecular weight excluding hydrogens is 436 g/mol. The first-order valence-electron chi connectivity index (χ1n) is 9.84. The number of hydrogen-bond donors (Lipinski definition) is 0. The molecule has 1 aromatic heterocycles. The summed E-state index contributed by atoms with van der Waals surface area (Å²) in [6.07, 6.45) is -0.159. The van der Waals surface area contributed by atoms with Crippen LogP contribution in [0.3, 0.4) is 0 Å². The van der Waals surface area contributed by atoms with Crippen LogP contribution in [0.25, 0.3) is 0 Å². The molecule has 9 nitrogen and oxygen atoms in total. The molecule has 0 radical (unpaired) electrons. The second-order valence-corrected chi connectivity index (χ2v) is 10.7. The molecule has 2 rings (SSSR count). The fraction of sp³-hybridized carbons (Fsp3) is 0.409. The molecule has 0 saturated heterocycles. The van der Waals surface area contributed by atoms with E-state index in [4.69, 9.17) is 14.2 Å². The average molecular weight is 465 g/mol. The Morgan fingerprint density at radius 3 is 2.00 bits per heavy atom. The quantitative estimate of drug-likeness (QED) is 0.586. The highest BCUT2D eigenvalue weighted by atomic mass is 32.2.